The van der Waals surface area contributed by atoms with E-state index in [9.17, 15) is 0 Å². The molecule has 0 aromatic carbocycles. The van der Waals surface area contributed by atoms with Crippen molar-refractivity contribution < 1.29 is 4.74 Å². The maximum absolute atomic E-state index is 5.64. The highest BCUT2D eigenvalue weighted by molar-refractivity contribution is 5.53. The average molecular weight is 260 g/mol. The summed E-state index contributed by atoms with van der Waals surface area (Å²) in [6, 6.07) is 0.298. The van der Waals surface area contributed by atoms with Gasteiger partial charge in [-0.15, -0.1) is 0 Å². The van der Waals surface area contributed by atoms with E-state index in [4.69, 9.17) is 4.74 Å². The van der Waals surface area contributed by atoms with Crippen LogP contribution in [0.1, 0.15) is 31.4 Å². The van der Waals surface area contributed by atoms with Crippen molar-refractivity contribution in [3.8, 4) is 0 Å². The SMILES string of the molecule is CCNC(c1cnn2ccncc12)C1CCCOC1. The van der Waals surface area contributed by atoms with E-state index in [2.05, 4.69) is 22.3 Å². The van der Waals surface area contributed by atoms with Gasteiger partial charge in [0.05, 0.1) is 24.5 Å². The summed E-state index contributed by atoms with van der Waals surface area (Å²) in [6.07, 6.45) is 9.84. The topological polar surface area (TPSA) is 51.5 Å². The molecule has 1 aliphatic heterocycles. The fourth-order valence-electron chi connectivity index (χ4n) is 2.87. The molecule has 2 aromatic heterocycles. The van der Waals surface area contributed by atoms with Crippen molar-refractivity contribution in [3.63, 3.8) is 0 Å². The van der Waals surface area contributed by atoms with E-state index >= 15 is 0 Å². The number of aromatic nitrogens is 3. The molecule has 2 aromatic rings. The van der Waals surface area contributed by atoms with Crippen molar-refractivity contribution in [1.29, 1.82) is 0 Å². The van der Waals surface area contributed by atoms with Crippen LogP contribution in [0.4, 0.5) is 0 Å². The minimum atomic E-state index is 0.298. The number of hydrogen-bond donors (Lipinski definition) is 1. The van der Waals surface area contributed by atoms with Crippen molar-refractivity contribution in [3.05, 3.63) is 30.4 Å². The second-order valence-corrected chi connectivity index (χ2v) is 5.02. The third-order valence-corrected chi connectivity index (χ3v) is 3.78. The Morgan fingerprint density at radius 1 is 1.53 bits per heavy atom. The van der Waals surface area contributed by atoms with Gasteiger partial charge in [-0.3, -0.25) is 4.98 Å². The predicted molar refractivity (Wildman–Crippen MR) is 72.9 cm³/mol. The summed E-state index contributed by atoms with van der Waals surface area (Å²) in [5.41, 5.74) is 2.31. The van der Waals surface area contributed by atoms with E-state index < -0.39 is 0 Å². The summed E-state index contributed by atoms with van der Waals surface area (Å²) in [5, 5.41) is 8.00. The van der Waals surface area contributed by atoms with E-state index in [0.29, 0.717) is 12.0 Å². The first-order chi connectivity index (χ1) is 9.40. The van der Waals surface area contributed by atoms with Gasteiger partial charge in [0.1, 0.15) is 0 Å². The Morgan fingerprint density at radius 2 is 2.47 bits per heavy atom. The third kappa shape index (κ3) is 2.48. The highest BCUT2D eigenvalue weighted by Gasteiger charge is 2.27. The smallest absolute Gasteiger partial charge is 0.0892 e. The fraction of sp³-hybridized carbons (Fsp3) is 0.571. The molecule has 0 amide bonds. The standard InChI is InChI=1S/C14H20N4O/c1-2-16-14(11-4-3-7-19-10-11)12-8-17-18-6-5-15-9-13(12)18/h5-6,8-9,11,14,16H,2-4,7,10H2,1H3. The van der Waals surface area contributed by atoms with E-state index in [-0.39, 0.29) is 0 Å². The van der Waals surface area contributed by atoms with Crippen molar-refractivity contribution in [2.45, 2.75) is 25.8 Å². The third-order valence-electron chi connectivity index (χ3n) is 3.78. The lowest BCUT2D eigenvalue weighted by Gasteiger charge is -2.30. The van der Waals surface area contributed by atoms with Gasteiger partial charge in [-0.2, -0.15) is 5.10 Å². The Bertz CT molecular complexity index is 533. The van der Waals surface area contributed by atoms with Gasteiger partial charge in [0.25, 0.3) is 0 Å². The van der Waals surface area contributed by atoms with Gasteiger partial charge in [0.2, 0.25) is 0 Å². The normalized spacial score (nSPS) is 21.6. The molecule has 5 heteroatoms. The minimum Gasteiger partial charge on any atom is -0.381 e. The lowest BCUT2D eigenvalue weighted by molar-refractivity contribution is 0.0395. The number of ether oxygens (including phenoxy) is 1. The Labute approximate surface area is 113 Å². The minimum absolute atomic E-state index is 0.298. The molecule has 1 N–H and O–H groups in total. The van der Waals surface area contributed by atoms with Crippen LogP contribution in [0.5, 0.6) is 0 Å². The van der Waals surface area contributed by atoms with Gasteiger partial charge >= 0.3 is 0 Å². The van der Waals surface area contributed by atoms with Gasteiger partial charge in [0, 0.05) is 36.5 Å². The van der Waals surface area contributed by atoms with Gasteiger partial charge in [-0.05, 0) is 19.4 Å². The molecule has 3 heterocycles. The van der Waals surface area contributed by atoms with Crippen LogP contribution in [-0.4, -0.2) is 34.4 Å². The van der Waals surface area contributed by atoms with E-state index in [0.717, 1.165) is 31.7 Å². The average Bonchev–Trinajstić information content (AvgIpc) is 2.89. The molecule has 2 unspecified atom stereocenters. The summed E-state index contributed by atoms with van der Waals surface area (Å²) < 4.78 is 7.52. The molecule has 2 atom stereocenters. The molecule has 3 rings (SSSR count). The van der Waals surface area contributed by atoms with Crippen LogP contribution >= 0.6 is 0 Å². The zero-order valence-corrected chi connectivity index (χ0v) is 11.2. The first-order valence-electron chi connectivity index (χ1n) is 6.98. The van der Waals surface area contributed by atoms with Crippen LogP contribution < -0.4 is 5.32 Å². The van der Waals surface area contributed by atoms with Crippen LogP contribution in [0.15, 0.2) is 24.8 Å². The molecule has 0 radical (unpaired) electrons. The molecule has 5 nitrogen and oxygen atoms in total. The summed E-state index contributed by atoms with van der Waals surface area (Å²) in [4.78, 5) is 4.21. The molecule has 102 valence electrons. The van der Waals surface area contributed by atoms with Crippen LogP contribution in [0, 0.1) is 5.92 Å². The van der Waals surface area contributed by atoms with Gasteiger partial charge < -0.3 is 10.1 Å². The molecule has 19 heavy (non-hydrogen) atoms. The highest BCUT2D eigenvalue weighted by atomic mass is 16.5. The molecule has 1 saturated heterocycles. The lowest BCUT2D eigenvalue weighted by Crippen LogP contribution is -2.33. The van der Waals surface area contributed by atoms with E-state index in [1.807, 2.05) is 23.1 Å². The van der Waals surface area contributed by atoms with Crippen molar-refractivity contribution in [2.24, 2.45) is 5.92 Å². The van der Waals surface area contributed by atoms with Gasteiger partial charge in [0.15, 0.2) is 0 Å². The van der Waals surface area contributed by atoms with Crippen molar-refractivity contribution in [2.75, 3.05) is 19.8 Å². The maximum Gasteiger partial charge on any atom is 0.0892 e. The van der Waals surface area contributed by atoms with Crippen LogP contribution in [0.25, 0.3) is 5.52 Å². The van der Waals surface area contributed by atoms with Gasteiger partial charge in [-0.1, -0.05) is 6.92 Å². The van der Waals surface area contributed by atoms with Crippen LogP contribution in [0.3, 0.4) is 0 Å². The number of nitrogens with zero attached hydrogens (tertiary/aromatic N) is 3. The molecular formula is C14H20N4O. The number of hydrogen-bond acceptors (Lipinski definition) is 4. The summed E-state index contributed by atoms with van der Waals surface area (Å²) in [7, 11) is 0. The summed E-state index contributed by atoms with van der Waals surface area (Å²) in [6.45, 7) is 4.81. The first-order valence-corrected chi connectivity index (χ1v) is 6.98. The largest absolute Gasteiger partial charge is 0.381 e. The monoisotopic (exact) mass is 260 g/mol. The van der Waals surface area contributed by atoms with Crippen LogP contribution in [-0.2, 0) is 4.74 Å². The Kier molecular flexibility index (Phi) is 3.75. The van der Waals surface area contributed by atoms with Crippen molar-refractivity contribution >= 4 is 5.52 Å². The van der Waals surface area contributed by atoms with Crippen LogP contribution in [0.2, 0.25) is 0 Å². The lowest BCUT2D eigenvalue weighted by atomic mass is 9.89. The molecule has 0 aliphatic carbocycles. The second-order valence-electron chi connectivity index (χ2n) is 5.02. The Morgan fingerprint density at radius 3 is 3.26 bits per heavy atom. The summed E-state index contributed by atoms with van der Waals surface area (Å²) in [5.74, 6) is 0.516. The zero-order chi connectivity index (χ0) is 13.1. The van der Waals surface area contributed by atoms with E-state index in [1.165, 1.54) is 12.0 Å². The van der Waals surface area contributed by atoms with Crippen molar-refractivity contribution in [1.82, 2.24) is 19.9 Å². The summed E-state index contributed by atoms with van der Waals surface area (Å²) >= 11 is 0. The van der Waals surface area contributed by atoms with E-state index in [1.54, 1.807) is 6.20 Å². The fourth-order valence-corrected chi connectivity index (χ4v) is 2.87. The molecule has 1 aliphatic rings. The molecule has 0 spiro atoms. The quantitative estimate of drug-likeness (QED) is 0.911. The predicted octanol–water partition coefficient (Wildman–Crippen LogP) is 1.81. The Balaban J connectivity index is 1.94. The Hall–Kier alpha value is -1.46. The highest BCUT2D eigenvalue weighted by Crippen LogP contribution is 2.30. The maximum atomic E-state index is 5.64. The molecule has 0 bridgehead atoms. The first kappa shape index (κ1) is 12.6. The second kappa shape index (κ2) is 5.67. The van der Waals surface area contributed by atoms with Gasteiger partial charge in [-0.25, -0.2) is 4.52 Å². The molecular weight excluding hydrogens is 240 g/mol. The number of fused-ring (bicyclic) bond motifs is 1. The number of rotatable bonds is 4. The molecule has 1 fully saturated rings. The number of nitrogens with one attached hydrogen (secondary N) is 1. The molecule has 0 saturated carbocycles. The zero-order valence-electron chi connectivity index (χ0n) is 11.2.